The Morgan fingerprint density at radius 3 is 2.11 bits per heavy atom. The van der Waals surface area contributed by atoms with E-state index < -0.39 is 20.2 Å². The Morgan fingerprint density at radius 2 is 1.36 bits per heavy atom. The lowest BCUT2D eigenvalue weighted by molar-refractivity contribution is 0.484. The first-order valence-electron chi connectivity index (χ1n) is 8.18. The van der Waals surface area contributed by atoms with E-state index >= 15 is 0 Å². The number of benzene rings is 4. The fraction of sp³-hybridized carbons (Fsp3) is 0. The van der Waals surface area contributed by atoms with Crippen LogP contribution in [0.25, 0.3) is 21.5 Å². The lowest BCUT2D eigenvalue weighted by Crippen LogP contribution is -2.10. The van der Waals surface area contributed by atoms with Gasteiger partial charge >= 0.3 is 10.1 Å². The lowest BCUT2D eigenvalue weighted by atomic mass is 10.1. The van der Waals surface area contributed by atoms with E-state index in [9.17, 15) is 21.4 Å². The number of hydrogen-bond acceptors (Lipinski definition) is 5. The summed E-state index contributed by atoms with van der Waals surface area (Å²) in [7, 11) is -8.63. The van der Waals surface area contributed by atoms with Crippen LogP contribution in [0.4, 0.5) is 0 Å². The zero-order chi connectivity index (χ0) is 19.9. The van der Waals surface area contributed by atoms with Crippen LogP contribution < -0.4 is 4.18 Å². The summed E-state index contributed by atoms with van der Waals surface area (Å²) in [5, 5.41) is 2.06. The van der Waals surface area contributed by atoms with Gasteiger partial charge in [-0.15, -0.1) is 0 Å². The average molecular weight is 414 g/mol. The molecule has 0 aromatic heterocycles. The van der Waals surface area contributed by atoms with Gasteiger partial charge in [0.25, 0.3) is 10.1 Å². The van der Waals surface area contributed by atoms with E-state index in [0.717, 1.165) is 10.8 Å². The molecular formula is C20H14O6S2. The Labute approximate surface area is 161 Å². The van der Waals surface area contributed by atoms with Crippen molar-refractivity contribution in [2.24, 2.45) is 0 Å². The predicted molar refractivity (Wildman–Crippen MR) is 106 cm³/mol. The fourth-order valence-electron chi connectivity index (χ4n) is 3.04. The minimum absolute atomic E-state index is 0.0193. The predicted octanol–water partition coefficient (Wildman–Crippen LogP) is 4.01. The lowest BCUT2D eigenvalue weighted by Gasteiger charge is -2.11. The molecule has 0 spiro atoms. The highest BCUT2D eigenvalue weighted by atomic mass is 32.2. The zero-order valence-electron chi connectivity index (χ0n) is 14.3. The van der Waals surface area contributed by atoms with Gasteiger partial charge in [-0.05, 0) is 35.0 Å². The number of fused-ring (bicyclic) bond motifs is 2. The molecule has 8 heteroatoms. The molecule has 0 amide bonds. The van der Waals surface area contributed by atoms with E-state index in [4.69, 9.17) is 4.18 Å². The molecule has 4 aromatic rings. The van der Waals surface area contributed by atoms with Crippen LogP contribution >= 0.6 is 0 Å². The molecule has 0 aliphatic rings. The molecule has 0 aliphatic heterocycles. The first-order chi connectivity index (χ1) is 13.3. The summed E-state index contributed by atoms with van der Waals surface area (Å²) in [6, 6.07) is 20.5. The minimum atomic E-state index is -4.47. The van der Waals surface area contributed by atoms with Gasteiger partial charge in [-0.1, -0.05) is 54.6 Å². The zero-order valence-corrected chi connectivity index (χ0v) is 15.9. The molecule has 6 nitrogen and oxygen atoms in total. The summed E-state index contributed by atoms with van der Waals surface area (Å²) >= 11 is 0. The normalized spacial score (nSPS) is 12.3. The van der Waals surface area contributed by atoms with Crippen molar-refractivity contribution >= 4 is 41.8 Å². The summed E-state index contributed by atoms with van der Waals surface area (Å²) in [5.74, 6) is -0.0313. The van der Waals surface area contributed by atoms with Crippen molar-refractivity contribution in [3.8, 4) is 5.75 Å². The smallest absolute Gasteiger partial charge is 0.339 e. The van der Waals surface area contributed by atoms with Crippen molar-refractivity contribution in [2.45, 2.75) is 9.79 Å². The van der Waals surface area contributed by atoms with Crippen LogP contribution in [0.3, 0.4) is 0 Å². The van der Waals surface area contributed by atoms with Crippen molar-refractivity contribution in [3.05, 3.63) is 78.9 Å². The third kappa shape index (κ3) is 3.33. The highest BCUT2D eigenvalue weighted by Gasteiger charge is 2.20. The van der Waals surface area contributed by atoms with Crippen LogP contribution in [0, 0.1) is 0 Å². The molecule has 1 N–H and O–H groups in total. The van der Waals surface area contributed by atoms with Crippen LogP contribution in [0.5, 0.6) is 5.75 Å². The Kier molecular flexibility index (Phi) is 4.34. The van der Waals surface area contributed by atoms with E-state index in [2.05, 4.69) is 0 Å². The fourth-order valence-corrected chi connectivity index (χ4v) is 4.73. The first kappa shape index (κ1) is 18.4. The molecule has 0 aliphatic carbocycles. The second-order valence-corrected chi connectivity index (χ2v) is 9.07. The monoisotopic (exact) mass is 414 g/mol. The summed E-state index contributed by atoms with van der Waals surface area (Å²) in [5.41, 5.74) is 0. The SMILES string of the molecule is O=S(=O)(O)c1cccc2c(OS(=O)(=O)c3ccc4ccccc4c3)cccc12. The maximum Gasteiger partial charge on any atom is 0.339 e. The van der Waals surface area contributed by atoms with Crippen molar-refractivity contribution < 1.29 is 25.6 Å². The van der Waals surface area contributed by atoms with Crippen molar-refractivity contribution in [1.29, 1.82) is 0 Å². The standard InChI is InChI=1S/C20H14O6S2/c21-27(22,23)20-10-4-7-17-18(20)8-3-9-19(17)26-28(24,25)16-12-11-14-5-1-2-6-15(14)13-16/h1-13H,(H,21,22,23). The highest BCUT2D eigenvalue weighted by molar-refractivity contribution is 7.87. The van der Waals surface area contributed by atoms with Gasteiger partial charge in [-0.2, -0.15) is 16.8 Å². The molecule has 0 saturated carbocycles. The minimum Gasteiger partial charge on any atom is -0.378 e. The topological polar surface area (TPSA) is 97.7 Å². The van der Waals surface area contributed by atoms with Crippen molar-refractivity contribution in [3.63, 3.8) is 0 Å². The van der Waals surface area contributed by atoms with Gasteiger partial charge in [-0.25, -0.2) is 0 Å². The van der Waals surface area contributed by atoms with Gasteiger partial charge in [0.1, 0.15) is 9.79 Å². The van der Waals surface area contributed by atoms with E-state index in [-0.39, 0.29) is 26.3 Å². The van der Waals surface area contributed by atoms with Gasteiger partial charge in [0, 0.05) is 10.8 Å². The van der Waals surface area contributed by atoms with Gasteiger partial charge in [0.2, 0.25) is 0 Å². The largest absolute Gasteiger partial charge is 0.378 e. The molecule has 0 bridgehead atoms. The highest BCUT2D eigenvalue weighted by Crippen LogP contribution is 2.32. The number of hydrogen-bond donors (Lipinski definition) is 1. The number of rotatable bonds is 4. The average Bonchev–Trinajstić information content (AvgIpc) is 2.66. The molecule has 28 heavy (non-hydrogen) atoms. The second-order valence-electron chi connectivity index (χ2n) is 6.13. The van der Waals surface area contributed by atoms with Gasteiger partial charge in [0.15, 0.2) is 5.75 Å². The van der Waals surface area contributed by atoms with E-state index in [0.29, 0.717) is 0 Å². The summed E-state index contributed by atoms with van der Waals surface area (Å²) in [6.07, 6.45) is 0. The van der Waals surface area contributed by atoms with E-state index in [1.165, 1.54) is 48.5 Å². The van der Waals surface area contributed by atoms with Crippen LogP contribution in [0.15, 0.2) is 88.7 Å². The maximum absolute atomic E-state index is 12.8. The molecule has 0 unspecified atom stereocenters. The molecular weight excluding hydrogens is 400 g/mol. The van der Waals surface area contributed by atoms with Gasteiger partial charge < -0.3 is 4.18 Å². The molecule has 0 fully saturated rings. The van der Waals surface area contributed by atoms with Crippen molar-refractivity contribution in [1.82, 2.24) is 0 Å². The van der Waals surface area contributed by atoms with E-state index in [1.54, 1.807) is 18.2 Å². The second kappa shape index (κ2) is 6.59. The van der Waals surface area contributed by atoms with Crippen molar-refractivity contribution in [2.75, 3.05) is 0 Å². The molecule has 0 radical (unpaired) electrons. The molecule has 0 heterocycles. The molecule has 4 rings (SSSR count). The Hall–Kier alpha value is -2.94. The van der Waals surface area contributed by atoms with Crippen LogP contribution in [-0.2, 0) is 20.2 Å². The van der Waals surface area contributed by atoms with Crippen LogP contribution in [0.2, 0.25) is 0 Å². The molecule has 142 valence electrons. The Bertz CT molecular complexity index is 1420. The molecule has 4 aromatic carbocycles. The van der Waals surface area contributed by atoms with Gasteiger partial charge in [0.05, 0.1) is 0 Å². The quantitative estimate of drug-likeness (QED) is 0.400. The first-order valence-corrected chi connectivity index (χ1v) is 11.0. The third-order valence-electron chi connectivity index (χ3n) is 4.33. The Morgan fingerprint density at radius 1 is 0.679 bits per heavy atom. The van der Waals surface area contributed by atoms with Gasteiger partial charge in [-0.3, -0.25) is 4.55 Å². The maximum atomic E-state index is 12.8. The Balaban J connectivity index is 1.82. The van der Waals surface area contributed by atoms with Crippen LogP contribution in [0.1, 0.15) is 0 Å². The summed E-state index contributed by atoms with van der Waals surface area (Å²) in [6.45, 7) is 0. The molecule has 0 saturated heterocycles. The molecule has 0 atom stereocenters. The van der Waals surface area contributed by atoms with Crippen LogP contribution in [-0.4, -0.2) is 21.4 Å². The third-order valence-corrected chi connectivity index (χ3v) is 6.47. The van der Waals surface area contributed by atoms with E-state index in [1.807, 2.05) is 12.1 Å². The summed E-state index contributed by atoms with van der Waals surface area (Å²) < 4.78 is 63.4. The summed E-state index contributed by atoms with van der Waals surface area (Å²) in [4.78, 5) is -0.340.